The van der Waals surface area contributed by atoms with E-state index in [0.29, 0.717) is 29.2 Å². The van der Waals surface area contributed by atoms with Gasteiger partial charge in [0.25, 0.3) is 0 Å². The van der Waals surface area contributed by atoms with E-state index in [9.17, 15) is 0 Å². The number of nitrogens with two attached hydrogens (primary N) is 1. The lowest BCUT2D eigenvalue weighted by Crippen LogP contribution is -2.40. The van der Waals surface area contributed by atoms with Crippen molar-refractivity contribution >= 4 is 35.0 Å². The fourth-order valence-electron chi connectivity index (χ4n) is 8.40. The molecule has 1 aromatic rings. The fraction of sp³-hybridized carbons (Fsp3) is 0.692. The number of rotatable bonds is 6. The number of nitrogens with zero attached hydrogens (tertiary/aromatic N) is 1. The molecule has 2 N–H and O–H groups in total. The number of hydrogen-bond acceptors (Lipinski definition) is 2. The summed E-state index contributed by atoms with van der Waals surface area (Å²) in [5, 5.41) is 0. The Bertz CT molecular complexity index is 833. The maximum absolute atomic E-state index is 6.39. The average molecular weight is 443 g/mol. The van der Waals surface area contributed by atoms with Crippen molar-refractivity contribution in [3.8, 4) is 0 Å². The predicted octanol–water partition coefficient (Wildman–Crippen LogP) is 6.30. The van der Waals surface area contributed by atoms with Crippen LogP contribution in [0.25, 0.3) is 0 Å². The molecule has 6 rings (SSSR count). The Kier molecular flexibility index (Phi) is 5.40. The summed E-state index contributed by atoms with van der Waals surface area (Å²) in [4.78, 5) is 6.01. The van der Waals surface area contributed by atoms with Crippen LogP contribution in [0, 0.1) is 28.6 Å². The number of thiocarbonyl (C=S) groups is 1. The van der Waals surface area contributed by atoms with Gasteiger partial charge >= 0.3 is 0 Å². The fourth-order valence-corrected chi connectivity index (χ4v) is 9.11. The van der Waals surface area contributed by atoms with Gasteiger partial charge in [-0.15, -0.1) is 11.6 Å². The van der Waals surface area contributed by atoms with E-state index >= 15 is 0 Å². The number of benzene rings is 1. The van der Waals surface area contributed by atoms with E-state index in [1.807, 2.05) is 0 Å². The third kappa shape index (κ3) is 2.84. The maximum Gasteiger partial charge on any atom is 0.109 e. The van der Waals surface area contributed by atoms with Crippen LogP contribution in [-0.2, 0) is 5.41 Å². The molecule has 0 heterocycles. The summed E-state index contributed by atoms with van der Waals surface area (Å²) in [6.45, 7) is 2.38. The second-order valence-corrected chi connectivity index (χ2v) is 11.4. The highest BCUT2D eigenvalue weighted by Gasteiger charge is 2.80. The van der Waals surface area contributed by atoms with Crippen LogP contribution in [0.3, 0.4) is 0 Å². The van der Waals surface area contributed by atoms with Gasteiger partial charge in [-0.3, -0.25) is 4.99 Å². The van der Waals surface area contributed by atoms with Gasteiger partial charge < -0.3 is 5.73 Å². The predicted molar refractivity (Wildman–Crippen MR) is 130 cm³/mol. The van der Waals surface area contributed by atoms with Gasteiger partial charge in [-0.2, -0.15) is 0 Å². The molecule has 1 aromatic carbocycles. The normalized spacial score (nSPS) is 44.4. The van der Waals surface area contributed by atoms with Gasteiger partial charge in [0.1, 0.15) is 4.99 Å². The van der Waals surface area contributed by atoms with Crippen molar-refractivity contribution in [2.75, 3.05) is 5.88 Å². The van der Waals surface area contributed by atoms with Crippen molar-refractivity contribution in [1.29, 1.82) is 0 Å². The third-order valence-electron chi connectivity index (χ3n) is 9.70. The SMILES string of the molecule is CCC1(CCCl)C2CC3(c4ccccc4)CC2(C(=S)N=CC2CCC(N)CC2)CC31. The molecular formula is C26H35ClN2S. The van der Waals surface area contributed by atoms with Gasteiger partial charge in [0, 0.05) is 23.6 Å². The first-order valence-electron chi connectivity index (χ1n) is 12.0. The summed E-state index contributed by atoms with van der Waals surface area (Å²) in [5.74, 6) is 2.61. The van der Waals surface area contributed by atoms with Crippen LogP contribution >= 0.6 is 23.8 Å². The molecule has 5 aliphatic rings. The summed E-state index contributed by atoms with van der Waals surface area (Å²) >= 11 is 12.5. The highest BCUT2D eigenvalue weighted by Crippen LogP contribution is 2.84. The minimum absolute atomic E-state index is 0.0967. The maximum atomic E-state index is 6.39. The molecule has 0 aliphatic heterocycles. The lowest BCUT2D eigenvalue weighted by atomic mass is 9.61. The van der Waals surface area contributed by atoms with Crippen LogP contribution in [-0.4, -0.2) is 23.1 Å². The average Bonchev–Trinajstić information content (AvgIpc) is 3.46. The largest absolute Gasteiger partial charge is 0.328 e. The lowest BCUT2D eigenvalue weighted by Gasteiger charge is -2.43. The zero-order valence-electron chi connectivity index (χ0n) is 18.2. The van der Waals surface area contributed by atoms with Crippen molar-refractivity contribution in [3.63, 3.8) is 0 Å². The zero-order valence-corrected chi connectivity index (χ0v) is 19.7. The van der Waals surface area contributed by atoms with Crippen LogP contribution in [0.5, 0.6) is 0 Å². The molecule has 5 atom stereocenters. The van der Waals surface area contributed by atoms with Gasteiger partial charge in [0.05, 0.1) is 0 Å². The van der Waals surface area contributed by atoms with Crippen LogP contribution in [0.4, 0.5) is 0 Å². The van der Waals surface area contributed by atoms with E-state index in [2.05, 4.69) is 43.5 Å². The summed E-state index contributed by atoms with van der Waals surface area (Å²) in [5.41, 5.74) is 8.30. The minimum atomic E-state index is 0.0967. The highest BCUT2D eigenvalue weighted by atomic mass is 35.5. The third-order valence-corrected chi connectivity index (χ3v) is 10.4. The number of halogens is 1. The van der Waals surface area contributed by atoms with Gasteiger partial charge in [-0.1, -0.05) is 49.5 Å². The summed E-state index contributed by atoms with van der Waals surface area (Å²) in [6, 6.07) is 11.6. The molecule has 0 spiro atoms. The standard InChI is InChI=1S/C26H35ClN2S/c1-2-24(12-13-27)21-15-26(23(30)29-16-18-8-10-20(28)11-9-18)17-25(21,14-22(24)26)19-6-4-3-5-7-19/h3-7,16,18,20-22H,2,8-15,17,28H2,1H3. The first-order valence-corrected chi connectivity index (χ1v) is 12.9. The molecule has 5 unspecified atom stereocenters. The van der Waals surface area contributed by atoms with E-state index in [4.69, 9.17) is 34.5 Å². The van der Waals surface area contributed by atoms with Crippen LogP contribution < -0.4 is 5.73 Å². The molecule has 0 saturated heterocycles. The molecule has 30 heavy (non-hydrogen) atoms. The van der Waals surface area contributed by atoms with Gasteiger partial charge in [-0.25, -0.2) is 0 Å². The van der Waals surface area contributed by atoms with Crippen molar-refractivity contribution < 1.29 is 0 Å². The lowest BCUT2D eigenvalue weighted by molar-refractivity contribution is 0.108. The Balaban J connectivity index is 1.47. The molecule has 0 aromatic heterocycles. The van der Waals surface area contributed by atoms with E-state index in [1.165, 1.54) is 31.2 Å². The quantitative estimate of drug-likeness (QED) is 0.319. The molecule has 5 fully saturated rings. The molecule has 0 amide bonds. The molecule has 5 saturated carbocycles. The smallest absolute Gasteiger partial charge is 0.109 e. The van der Waals surface area contributed by atoms with E-state index < -0.39 is 0 Å². The highest BCUT2D eigenvalue weighted by molar-refractivity contribution is 7.80. The van der Waals surface area contributed by atoms with Crippen molar-refractivity contribution in [2.45, 2.75) is 76.2 Å². The second kappa shape index (κ2) is 7.67. The van der Waals surface area contributed by atoms with Crippen LogP contribution in [0.1, 0.15) is 70.3 Å². The minimum Gasteiger partial charge on any atom is -0.328 e. The van der Waals surface area contributed by atoms with Crippen molar-refractivity contribution in [2.24, 2.45) is 39.3 Å². The molecule has 0 radical (unpaired) electrons. The molecule has 4 bridgehead atoms. The number of hydrogen-bond donors (Lipinski definition) is 1. The van der Waals surface area contributed by atoms with E-state index in [0.717, 1.165) is 43.0 Å². The first kappa shape index (κ1) is 21.1. The van der Waals surface area contributed by atoms with E-state index in [1.54, 1.807) is 0 Å². The summed E-state index contributed by atoms with van der Waals surface area (Å²) in [6.07, 6.45) is 12.7. The zero-order chi connectivity index (χ0) is 21.0. The van der Waals surface area contributed by atoms with Gasteiger partial charge in [-0.05, 0) is 91.9 Å². The first-order chi connectivity index (χ1) is 14.5. The Morgan fingerprint density at radius 1 is 1.17 bits per heavy atom. The van der Waals surface area contributed by atoms with Crippen molar-refractivity contribution in [1.82, 2.24) is 0 Å². The summed E-state index contributed by atoms with van der Waals surface area (Å²) in [7, 11) is 0. The Morgan fingerprint density at radius 2 is 1.90 bits per heavy atom. The Hall–Kier alpha value is -0.770. The van der Waals surface area contributed by atoms with Crippen LogP contribution in [0.2, 0.25) is 0 Å². The molecule has 2 nitrogen and oxygen atoms in total. The monoisotopic (exact) mass is 442 g/mol. The Morgan fingerprint density at radius 3 is 2.57 bits per heavy atom. The van der Waals surface area contributed by atoms with Crippen LogP contribution in [0.15, 0.2) is 35.3 Å². The second-order valence-electron chi connectivity index (χ2n) is 10.7. The van der Waals surface area contributed by atoms with E-state index in [-0.39, 0.29) is 10.8 Å². The Labute approximate surface area is 192 Å². The molecular weight excluding hydrogens is 408 g/mol. The molecule has 4 heteroatoms. The topological polar surface area (TPSA) is 38.4 Å². The van der Waals surface area contributed by atoms with Crippen molar-refractivity contribution in [3.05, 3.63) is 35.9 Å². The molecule has 162 valence electrons. The molecule has 5 aliphatic carbocycles. The summed E-state index contributed by atoms with van der Waals surface area (Å²) < 4.78 is 0. The number of alkyl halides is 1. The van der Waals surface area contributed by atoms with Gasteiger partial charge in [0.15, 0.2) is 0 Å². The van der Waals surface area contributed by atoms with Gasteiger partial charge in [0.2, 0.25) is 0 Å². The number of aliphatic imine (C=N–C) groups is 1.